The van der Waals surface area contributed by atoms with Gasteiger partial charge in [-0.2, -0.15) is 0 Å². The summed E-state index contributed by atoms with van der Waals surface area (Å²) >= 11 is 0. The van der Waals surface area contributed by atoms with Crippen molar-refractivity contribution in [2.45, 2.75) is 200 Å². The number of allylic oxidation sites excluding steroid dienone is 20. The van der Waals surface area contributed by atoms with Crippen LogP contribution in [0.1, 0.15) is 194 Å². The average Bonchev–Trinajstić information content (AvgIpc) is 3.32. The summed E-state index contributed by atoms with van der Waals surface area (Å²) in [6.07, 6.45) is 70.9. The minimum absolute atomic E-state index is 0.0430. The molecule has 0 aliphatic carbocycles. The Balaban J connectivity index is 4.11. The Kier molecular flexibility index (Phi) is 49.0. The summed E-state index contributed by atoms with van der Waals surface area (Å²) in [6.45, 7) is 3.47. The Hall–Kier alpha value is -3.59. The molecule has 0 bridgehead atoms. The van der Waals surface area contributed by atoms with Crippen LogP contribution in [-0.2, 0) is 32.7 Å². The second-order valence-electron chi connectivity index (χ2n) is 16.6. The van der Waals surface area contributed by atoms with Crippen LogP contribution < -0.4 is 5.73 Å². The van der Waals surface area contributed by atoms with Gasteiger partial charge in [0.15, 0.2) is 6.10 Å². The van der Waals surface area contributed by atoms with Crippen molar-refractivity contribution in [1.29, 1.82) is 0 Å². The predicted octanol–water partition coefficient (Wildman–Crippen LogP) is 16.1. The third-order valence-corrected chi connectivity index (χ3v) is 11.3. The molecule has 9 nitrogen and oxygen atoms in total. The average molecular weight is 952 g/mol. The molecule has 2 unspecified atom stereocenters. The summed E-state index contributed by atoms with van der Waals surface area (Å²) in [4.78, 5) is 35.1. The van der Waals surface area contributed by atoms with Gasteiger partial charge in [0.25, 0.3) is 0 Å². The first-order valence-electron chi connectivity index (χ1n) is 26.0. The molecular weight excluding hydrogens is 858 g/mol. The molecule has 0 aromatic carbocycles. The Morgan fingerprint density at radius 3 is 1.15 bits per heavy atom. The number of phosphoric ester groups is 1. The van der Waals surface area contributed by atoms with Crippen LogP contribution in [0.25, 0.3) is 0 Å². The smallest absolute Gasteiger partial charge is 0.462 e. The maximum absolute atomic E-state index is 12.7. The number of unbranched alkanes of at least 4 members (excludes halogenated alkanes) is 14. The van der Waals surface area contributed by atoms with Gasteiger partial charge in [-0.25, -0.2) is 4.57 Å². The molecule has 10 heteroatoms. The van der Waals surface area contributed by atoms with Crippen LogP contribution in [0.2, 0.25) is 0 Å². The molecule has 0 aromatic rings. The Bertz CT molecular complexity index is 1500. The highest BCUT2D eigenvalue weighted by atomic mass is 31.2. The normalized spacial score (nSPS) is 14.1. The minimum atomic E-state index is -4.40. The zero-order valence-corrected chi connectivity index (χ0v) is 43.0. The topological polar surface area (TPSA) is 134 Å². The molecular formula is C57H94NO8P. The minimum Gasteiger partial charge on any atom is -0.462 e. The highest BCUT2D eigenvalue weighted by Crippen LogP contribution is 2.43. The van der Waals surface area contributed by atoms with Crippen molar-refractivity contribution in [2.24, 2.45) is 5.73 Å². The van der Waals surface area contributed by atoms with E-state index in [-0.39, 0.29) is 32.6 Å². The van der Waals surface area contributed by atoms with Gasteiger partial charge in [0, 0.05) is 19.4 Å². The third kappa shape index (κ3) is 51.6. The highest BCUT2D eigenvalue weighted by molar-refractivity contribution is 7.47. The van der Waals surface area contributed by atoms with Crippen LogP contribution in [0.4, 0.5) is 0 Å². The molecule has 0 saturated carbocycles. The van der Waals surface area contributed by atoms with Crippen molar-refractivity contribution in [2.75, 3.05) is 26.4 Å². The van der Waals surface area contributed by atoms with E-state index in [2.05, 4.69) is 135 Å². The van der Waals surface area contributed by atoms with Gasteiger partial charge in [-0.3, -0.25) is 18.6 Å². The lowest BCUT2D eigenvalue weighted by atomic mass is 10.1. The molecule has 0 amide bonds. The standard InChI is InChI=1S/C57H94NO8P/c1-3-5-7-9-11-13-15-17-19-21-22-23-24-25-26-27-28-29-30-31-32-34-36-38-40-42-44-46-48-50-57(60)66-55(54-65-67(61,62)64-52-51-58)53-63-56(59)49-47-45-43-41-39-37-35-33-20-18-16-14-12-10-8-6-4-2/h5-8,11-14,17-20,22-23,25-26,28-29,31-32,55H,3-4,9-10,15-16,21,24,27,30,33-54,58H2,1-2H3,(H,61,62)/b7-5-,8-6-,13-11-,14-12-,19-17-,20-18-,23-22-,26-25-,29-28-,32-31-. The molecule has 0 spiro atoms. The lowest BCUT2D eigenvalue weighted by Gasteiger charge is -2.19. The second-order valence-corrected chi connectivity index (χ2v) is 18.1. The van der Waals surface area contributed by atoms with Gasteiger partial charge in [-0.1, -0.05) is 200 Å². The van der Waals surface area contributed by atoms with E-state index in [1.165, 1.54) is 38.5 Å². The molecule has 0 heterocycles. The maximum Gasteiger partial charge on any atom is 0.472 e. The van der Waals surface area contributed by atoms with Crippen molar-refractivity contribution in [3.63, 3.8) is 0 Å². The summed E-state index contributed by atoms with van der Waals surface area (Å²) in [6, 6.07) is 0. The van der Waals surface area contributed by atoms with Gasteiger partial charge in [-0.15, -0.1) is 0 Å². The lowest BCUT2D eigenvalue weighted by Crippen LogP contribution is -2.29. The van der Waals surface area contributed by atoms with Gasteiger partial charge >= 0.3 is 19.8 Å². The van der Waals surface area contributed by atoms with E-state index in [0.29, 0.717) is 12.8 Å². The molecule has 0 fully saturated rings. The Morgan fingerprint density at radius 1 is 0.448 bits per heavy atom. The number of nitrogens with two attached hydrogens (primary N) is 1. The van der Waals surface area contributed by atoms with E-state index in [1.807, 2.05) is 0 Å². The lowest BCUT2D eigenvalue weighted by molar-refractivity contribution is -0.161. The first-order valence-corrected chi connectivity index (χ1v) is 27.5. The van der Waals surface area contributed by atoms with Crippen LogP contribution in [-0.4, -0.2) is 49.3 Å². The van der Waals surface area contributed by atoms with Crippen molar-refractivity contribution in [1.82, 2.24) is 0 Å². The summed E-state index contributed by atoms with van der Waals surface area (Å²) in [5, 5.41) is 0. The van der Waals surface area contributed by atoms with Crippen LogP contribution in [0, 0.1) is 0 Å². The number of carbonyl (C=O) groups excluding carboxylic acids is 2. The van der Waals surface area contributed by atoms with Gasteiger partial charge < -0.3 is 20.1 Å². The molecule has 0 rings (SSSR count). The zero-order chi connectivity index (χ0) is 48.8. The van der Waals surface area contributed by atoms with Crippen LogP contribution in [0.15, 0.2) is 122 Å². The fourth-order valence-corrected chi connectivity index (χ4v) is 7.34. The van der Waals surface area contributed by atoms with Gasteiger partial charge in [0.05, 0.1) is 13.2 Å². The van der Waals surface area contributed by atoms with E-state index in [0.717, 1.165) is 116 Å². The van der Waals surface area contributed by atoms with Gasteiger partial charge in [0.2, 0.25) is 0 Å². The van der Waals surface area contributed by atoms with Crippen molar-refractivity contribution in [3.8, 4) is 0 Å². The number of esters is 2. The number of phosphoric acid groups is 1. The molecule has 67 heavy (non-hydrogen) atoms. The monoisotopic (exact) mass is 952 g/mol. The Labute approximate surface area is 409 Å². The fraction of sp³-hybridized carbons (Fsp3) is 0.614. The van der Waals surface area contributed by atoms with Crippen molar-refractivity contribution >= 4 is 19.8 Å². The van der Waals surface area contributed by atoms with E-state index in [4.69, 9.17) is 24.3 Å². The number of hydrogen-bond donors (Lipinski definition) is 2. The summed E-state index contributed by atoms with van der Waals surface area (Å²) < 4.78 is 32.9. The van der Waals surface area contributed by atoms with Crippen LogP contribution in [0.5, 0.6) is 0 Å². The van der Waals surface area contributed by atoms with Gasteiger partial charge in [-0.05, 0) is 103 Å². The zero-order valence-electron chi connectivity index (χ0n) is 42.1. The summed E-state index contributed by atoms with van der Waals surface area (Å²) in [5.41, 5.74) is 5.37. The molecule has 380 valence electrons. The number of rotatable bonds is 47. The third-order valence-electron chi connectivity index (χ3n) is 10.3. The first-order chi connectivity index (χ1) is 32.8. The molecule has 0 saturated heterocycles. The molecule has 2 atom stereocenters. The molecule has 0 aromatic heterocycles. The van der Waals surface area contributed by atoms with Crippen molar-refractivity contribution in [3.05, 3.63) is 122 Å². The fourth-order valence-electron chi connectivity index (χ4n) is 6.57. The quantitative estimate of drug-likeness (QED) is 0.0265. The highest BCUT2D eigenvalue weighted by Gasteiger charge is 2.26. The SMILES string of the molecule is CC/C=C\C/C=C\C/C=C\C/C=C\C/C=C\C/C=C\C/C=C\CCCCCCCCCC(=O)OC(COC(=O)CCCCCCCCC/C=C\C/C=C\C/C=C\CC)COP(=O)(O)OCCN. The summed E-state index contributed by atoms with van der Waals surface area (Å²) in [7, 11) is -4.40. The van der Waals surface area contributed by atoms with Crippen molar-refractivity contribution < 1.29 is 37.6 Å². The second kappa shape index (κ2) is 51.8. The first kappa shape index (κ1) is 63.4. The number of carbonyl (C=O) groups is 2. The number of hydrogen-bond acceptors (Lipinski definition) is 8. The van der Waals surface area contributed by atoms with E-state index in [9.17, 15) is 19.0 Å². The maximum atomic E-state index is 12.7. The molecule has 0 aliphatic heterocycles. The van der Waals surface area contributed by atoms with E-state index < -0.39 is 32.5 Å². The molecule has 0 radical (unpaired) electrons. The molecule has 0 aliphatic rings. The Morgan fingerprint density at radius 2 is 0.776 bits per heavy atom. The molecule has 3 N–H and O–H groups in total. The van der Waals surface area contributed by atoms with Crippen LogP contribution in [0.3, 0.4) is 0 Å². The van der Waals surface area contributed by atoms with Gasteiger partial charge in [0.1, 0.15) is 6.61 Å². The number of ether oxygens (including phenoxy) is 2. The van der Waals surface area contributed by atoms with Crippen LogP contribution >= 0.6 is 7.82 Å². The van der Waals surface area contributed by atoms with E-state index >= 15 is 0 Å². The predicted molar refractivity (Wildman–Crippen MR) is 284 cm³/mol. The summed E-state index contributed by atoms with van der Waals surface area (Å²) in [5.74, 6) is -0.862. The largest absolute Gasteiger partial charge is 0.472 e. The van der Waals surface area contributed by atoms with E-state index in [1.54, 1.807) is 0 Å².